The molecule has 0 saturated carbocycles. The molecule has 4 aromatic rings. The Labute approximate surface area is 225 Å². The van der Waals surface area contributed by atoms with Gasteiger partial charge < -0.3 is 20.3 Å². The minimum absolute atomic E-state index is 0.00357. The summed E-state index contributed by atoms with van der Waals surface area (Å²) in [7, 11) is 1.69. The molecule has 12 heteroatoms. The first-order valence-corrected chi connectivity index (χ1v) is 12.8. The molecule has 0 radical (unpaired) electrons. The molecule has 6 rings (SSSR count). The van der Waals surface area contributed by atoms with Crippen molar-refractivity contribution in [1.82, 2.24) is 40.2 Å². The molecular weight excluding hydrogens is 498 g/mol. The summed E-state index contributed by atoms with van der Waals surface area (Å²) in [6.07, 6.45) is 2.26. The lowest BCUT2D eigenvalue weighted by atomic mass is 10.0. The van der Waals surface area contributed by atoms with E-state index in [0.717, 1.165) is 35.7 Å². The number of nitrogens with zero attached hydrogens (tertiary/aromatic N) is 7. The van der Waals surface area contributed by atoms with Crippen molar-refractivity contribution >= 4 is 17.5 Å². The molecule has 2 atom stereocenters. The molecule has 200 valence electrons. The van der Waals surface area contributed by atoms with Gasteiger partial charge in [0, 0.05) is 13.1 Å². The maximum absolute atomic E-state index is 13.3. The van der Waals surface area contributed by atoms with Crippen LogP contribution in [0.25, 0.3) is 0 Å². The van der Waals surface area contributed by atoms with Crippen molar-refractivity contribution in [1.29, 1.82) is 0 Å². The van der Waals surface area contributed by atoms with Crippen molar-refractivity contribution in [2.75, 3.05) is 18.6 Å². The highest BCUT2D eigenvalue weighted by Gasteiger charge is 2.32. The van der Waals surface area contributed by atoms with Gasteiger partial charge in [0.1, 0.15) is 36.4 Å². The Kier molecular flexibility index (Phi) is 6.53. The standard InChI is InChI=1S/C27H29N9O3/c1-17-30-24-12-28-20(14-36(24)32-17)10-19-8-9-23-22(11-19)34(2)27(38)21(15-39-23)31-26(37)25-29-16-35(33-25)13-18-6-4-3-5-7-18/h3-9,11,16,20-21,28H,10,12-15H2,1-2H3,(H,31,37)/t20?,21-/m1/s1. The molecular formula is C27H29N9O3. The quantitative estimate of drug-likeness (QED) is 0.381. The monoisotopic (exact) mass is 527 g/mol. The van der Waals surface area contributed by atoms with Gasteiger partial charge in [-0.25, -0.2) is 19.3 Å². The van der Waals surface area contributed by atoms with Crippen molar-refractivity contribution in [3.8, 4) is 5.75 Å². The number of fused-ring (bicyclic) bond motifs is 2. The smallest absolute Gasteiger partial charge is 0.291 e. The van der Waals surface area contributed by atoms with Crippen LogP contribution in [0.1, 0.15) is 33.4 Å². The summed E-state index contributed by atoms with van der Waals surface area (Å²) in [5.41, 5.74) is 2.76. The van der Waals surface area contributed by atoms with E-state index in [1.807, 2.05) is 60.1 Å². The second-order valence-corrected chi connectivity index (χ2v) is 9.83. The molecule has 0 bridgehead atoms. The lowest BCUT2D eigenvalue weighted by Crippen LogP contribution is -2.49. The molecule has 4 heterocycles. The Morgan fingerprint density at radius 3 is 2.85 bits per heavy atom. The largest absolute Gasteiger partial charge is 0.489 e. The van der Waals surface area contributed by atoms with E-state index in [-0.39, 0.29) is 24.4 Å². The van der Waals surface area contributed by atoms with Gasteiger partial charge in [-0.05, 0) is 36.6 Å². The van der Waals surface area contributed by atoms with E-state index in [4.69, 9.17) is 4.74 Å². The number of anilines is 1. The highest BCUT2D eigenvalue weighted by molar-refractivity contribution is 6.02. The highest BCUT2D eigenvalue weighted by atomic mass is 16.5. The molecule has 0 saturated heterocycles. The molecule has 12 nitrogen and oxygen atoms in total. The fraction of sp³-hybridized carbons (Fsp3) is 0.333. The number of rotatable bonds is 6. The number of hydrogen-bond donors (Lipinski definition) is 2. The van der Waals surface area contributed by atoms with Gasteiger partial charge in [-0.15, -0.1) is 5.10 Å². The van der Waals surface area contributed by atoms with Crippen molar-refractivity contribution in [3.05, 3.63) is 83.5 Å². The lowest BCUT2D eigenvalue weighted by Gasteiger charge is -2.25. The molecule has 2 aromatic carbocycles. The number of ether oxygens (including phenoxy) is 1. The fourth-order valence-corrected chi connectivity index (χ4v) is 4.95. The second-order valence-electron chi connectivity index (χ2n) is 9.83. The number of hydrogen-bond acceptors (Lipinski definition) is 8. The summed E-state index contributed by atoms with van der Waals surface area (Å²) < 4.78 is 9.49. The zero-order valence-corrected chi connectivity index (χ0v) is 21.7. The third kappa shape index (κ3) is 5.23. The topological polar surface area (TPSA) is 132 Å². The van der Waals surface area contributed by atoms with E-state index in [1.54, 1.807) is 11.7 Å². The Morgan fingerprint density at radius 2 is 2.00 bits per heavy atom. The van der Waals surface area contributed by atoms with Gasteiger partial charge >= 0.3 is 0 Å². The minimum atomic E-state index is -0.881. The van der Waals surface area contributed by atoms with Crippen molar-refractivity contribution in [3.63, 3.8) is 0 Å². The van der Waals surface area contributed by atoms with Crippen LogP contribution in [0, 0.1) is 6.92 Å². The molecule has 0 spiro atoms. The summed E-state index contributed by atoms with van der Waals surface area (Å²) in [6, 6.07) is 14.9. The molecule has 0 aliphatic carbocycles. The van der Waals surface area contributed by atoms with E-state index in [9.17, 15) is 9.59 Å². The van der Waals surface area contributed by atoms with Crippen LogP contribution < -0.4 is 20.3 Å². The highest BCUT2D eigenvalue weighted by Crippen LogP contribution is 2.32. The molecule has 2 N–H and O–H groups in total. The number of aryl methyl sites for hydroxylation is 1. The molecule has 2 aliphatic rings. The number of likely N-dealkylation sites (N-methyl/N-ethyl adjacent to an activating group) is 1. The SMILES string of the molecule is Cc1nc2n(n1)CC(Cc1ccc3c(c1)N(C)C(=O)[C@H](NC(=O)c1ncn(Cc4ccccc4)n1)CO3)NC2. The summed E-state index contributed by atoms with van der Waals surface area (Å²) >= 11 is 0. The maximum atomic E-state index is 13.3. The van der Waals surface area contributed by atoms with Crippen LogP contribution in [0.3, 0.4) is 0 Å². The summed E-state index contributed by atoms with van der Waals surface area (Å²) in [5.74, 6) is 1.48. The molecule has 39 heavy (non-hydrogen) atoms. The van der Waals surface area contributed by atoms with E-state index < -0.39 is 11.9 Å². The first-order chi connectivity index (χ1) is 18.9. The van der Waals surface area contributed by atoms with Crippen LogP contribution in [0.15, 0.2) is 54.9 Å². The van der Waals surface area contributed by atoms with E-state index in [1.165, 1.54) is 11.2 Å². The number of nitrogens with one attached hydrogen (secondary N) is 2. The van der Waals surface area contributed by atoms with Gasteiger partial charge in [-0.2, -0.15) is 5.10 Å². The maximum Gasteiger partial charge on any atom is 0.291 e. The molecule has 2 amide bonds. The number of benzene rings is 2. The van der Waals surface area contributed by atoms with Gasteiger partial charge in [0.15, 0.2) is 0 Å². The first-order valence-electron chi connectivity index (χ1n) is 12.8. The Hall–Kier alpha value is -4.58. The molecule has 2 aliphatic heterocycles. The van der Waals surface area contributed by atoms with Gasteiger partial charge in [-0.1, -0.05) is 36.4 Å². The van der Waals surface area contributed by atoms with Crippen LogP contribution in [-0.2, 0) is 30.8 Å². The third-order valence-electron chi connectivity index (χ3n) is 6.93. The van der Waals surface area contributed by atoms with Gasteiger partial charge in [-0.3, -0.25) is 9.59 Å². The van der Waals surface area contributed by atoms with Crippen LogP contribution in [0.2, 0.25) is 0 Å². The van der Waals surface area contributed by atoms with Crippen LogP contribution in [0.4, 0.5) is 5.69 Å². The lowest BCUT2D eigenvalue weighted by molar-refractivity contribution is -0.120. The summed E-state index contributed by atoms with van der Waals surface area (Å²) in [4.78, 5) is 36.3. The third-order valence-corrected chi connectivity index (χ3v) is 6.93. The molecule has 0 fully saturated rings. The van der Waals surface area contributed by atoms with Crippen LogP contribution in [-0.4, -0.2) is 67.1 Å². The van der Waals surface area contributed by atoms with Gasteiger partial charge in [0.05, 0.1) is 25.3 Å². The first kappa shape index (κ1) is 24.7. The minimum Gasteiger partial charge on any atom is -0.489 e. The average Bonchev–Trinajstić information content (AvgIpc) is 3.54. The predicted octanol–water partition coefficient (Wildman–Crippen LogP) is 1.09. The van der Waals surface area contributed by atoms with E-state index in [0.29, 0.717) is 24.5 Å². The zero-order chi connectivity index (χ0) is 26.9. The Balaban J connectivity index is 1.11. The Bertz CT molecular complexity index is 1510. The van der Waals surface area contributed by atoms with Crippen molar-refractivity contribution < 1.29 is 14.3 Å². The number of carbonyl (C=O) groups is 2. The average molecular weight is 528 g/mol. The van der Waals surface area contributed by atoms with E-state index in [2.05, 4.69) is 30.8 Å². The van der Waals surface area contributed by atoms with Crippen LogP contribution in [0.5, 0.6) is 5.75 Å². The Morgan fingerprint density at radius 1 is 1.15 bits per heavy atom. The molecule has 2 aromatic heterocycles. The molecule has 1 unspecified atom stereocenters. The van der Waals surface area contributed by atoms with Gasteiger partial charge in [0.25, 0.3) is 11.8 Å². The fourth-order valence-electron chi connectivity index (χ4n) is 4.95. The second kappa shape index (κ2) is 10.3. The van der Waals surface area contributed by atoms with Crippen molar-refractivity contribution in [2.45, 2.75) is 45.1 Å². The zero-order valence-electron chi connectivity index (χ0n) is 21.7. The number of carbonyl (C=O) groups excluding carboxylic acids is 2. The predicted molar refractivity (Wildman–Crippen MR) is 141 cm³/mol. The normalized spacial score (nSPS) is 18.6. The number of amides is 2. The van der Waals surface area contributed by atoms with E-state index >= 15 is 0 Å². The number of aromatic nitrogens is 6. The summed E-state index contributed by atoms with van der Waals surface area (Å²) in [6.45, 7) is 3.78. The van der Waals surface area contributed by atoms with Crippen LogP contribution >= 0.6 is 0 Å². The van der Waals surface area contributed by atoms with Crippen molar-refractivity contribution in [2.24, 2.45) is 0 Å². The summed E-state index contributed by atoms with van der Waals surface area (Å²) in [5, 5.41) is 15.0. The van der Waals surface area contributed by atoms with Gasteiger partial charge in [0.2, 0.25) is 5.82 Å².